The summed E-state index contributed by atoms with van der Waals surface area (Å²) in [7, 11) is 1.00. The smallest absolute Gasteiger partial charge is 0.233 e. The Bertz CT molecular complexity index is 607. The molecule has 164 valence electrons. The van der Waals surface area contributed by atoms with Crippen molar-refractivity contribution >= 4 is 11.8 Å². The van der Waals surface area contributed by atoms with Crippen LogP contribution in [0.15, 0.2) is 30.3 Å². The van der Waals surface area contributed by atoms with Gasteiger partial charge in [-0.15, -0.1) is 0 Å². The molecule has 0 bridgehead atoms. The minimum Gasteiger partial charge on any atom is -0.400 e. The summed E-state index contributed by atoms with van der Waals surface area (Å²) in [5.74, 6) is 3.76. The van der Waals surface area contributed by atoms with Crippen LogP contribution in [-0.4, -0.2) is 55.2 Å². The highest BCUT2D eigenvalue weighted by Gasteiger charge is 2.61. The zero-order valence-electron chi connectivity index (χ0n) is 18.2. The third kappa shape index (κ3) is 6.80. The fraction of sp³-hybridized carbons (Fsp3) is 0.636. The molecule has 0 aromatic heterocycles. The van der Waals surface area contributed by atoms with Crippen molar-refractivity contribution in [3.63, 3.8) is 0 Å². The number of aliphatic hydroxyl groups excluding tert-OH is 1. The molecule has 29 heavy (non-hydrogen) atoms. The Morgan fingerprint density at radius 3 is 2.41 bits per heavy atom. The Labute approximate surface area is 174 Å². The molecule has 1 fully saturated rings. The summed E-state index contributed by atoms with van der Waals surface area (Å²) < 4.78 is 0. The zero-order chi connectivity index (χ0) is 21.7. The average Bonchev–Trinajstić information content (AvgIpc) is 3.50. The molecule has 0 radical (unpaired) electrons. The second kappa shape index (κ2) is 13.3. The van der Waals surface area contributed by atoms with E-state index in [1.54, 1.807) is 0 Å². The highest BCUT2D eigenvalue weighted by atomic mass is 16.6. The number of aliphatic hydroxyl groups is 1. The van der Waals surface area contributed by atoms with Gasteiger partial charge in [-0.2, -0.15) is 0 Å². The molecule has 0 aliphatic heterocycles. The molecule has 5 N–H and O–H groups in total. The van der Waals surface area contributed by atoms with Crippen molar-refractivity contribution in [2.75, 3.05) is 33.4 Å². The van der Waals surface area contributed by atoms with Gasteiger partial charge in [-0.05, 0) is 44.6 Å². The molecule has 1 aromatic rings. The molecule has 1 unspecified atom stereocenters. The third-order valence-electron chi connectivity index (χ3n) is 5.56. The van der Waals surface area contributed by atoms with Gasteiger partial charge in [0.05, 0.1) is 5.41 Å². The van der Waals surface area contributed by atoms with Gasteiger partial charge in [-0.1, -0.05) is 36.8 Å². The van der Waals surface area contributed by atoms with E-state index in [9.17, 15) is 9.59 Å². The van der Waals surface area contributed by atoms with Crippen LogP contribution in [0.1, 0.15) is 51.5 Å². The summed E-state index contributed by atoms with van der Waals surface area (Å²) in [5, 5.41) is 10.0. The first-order chi connectivity index (χ1) is 14.1. The summed E-state index contributed by atoms with van der Waals surface area (Å²) in [6.45, 7) is 6.64. The van der Waals surface area contributed by atoms with Gasteiger partial charge in [-0.3, -0.25) is 9.59 Å². The standard InChI is InChI=1S/C21H33N3O3.CH4O/c1-3-24(4-2)20(26)21(17-11-7-5-8-12-17)15-18(21)16-23-19(25)13-9-6-10-14-27-22;1-2/h5,7-8,11-12,18H,3-4,6,9-10,13-16H2,1-2,22H3;2H,1H3/p+1/t18?,21-;/m0./s1. The van der Waals surface area contributed by atoms with Crippen LogP contribution in [0.3, 0.4) is 0 Å². The molecule has 7 heteroatoms. The summed E-state index contributed by atoms with van der Waals surface area (Å²) in [6, 6.07) is 10.0. The number of hydrogen-bond acceptors (Lipinski definition) is 4. The SMILES string of the molecule is CCN(CC)C(=O)[C@]1(c2ccccc2)CC1CNC(=O)CCCCCO[NH3+].CO. The highest BCUT2D eigenvalue weighted by molar-refractivity contribution is 5.92. The number of likely N-dealkylation sites (N-methyl/N-ethyl adjacent to an activating group) is 1. The molecule has 1 aliphatic carbocycles. The van der Waals surface area contributed by atoms with Crippen LogP contribution < -0.4 is 11.2 Å². The number of quaternary nitrogens is 1. The first kappa shape index (κ1) is 25.1. The lowest BCUT2D eigenvalue weighted by molar-refractivity contribution is -0.689. The van der Waals surface area contributed by atoms with Gasteiger partial charge >= 0.3 is 0 Å². The number of nitrogens with one attached hydrogen (secondary N) is 1. The van der Waals surface area contributed by atoms with Gasteiger partial charge in [0.25, 0.3) is 0 Å². The molecular weight excluding hydrogens is 370 g/mol. The van der Waals surface area contributed by atoms with E-state index < -0.39 is 5.41 Å². The maximum atomic E-state index is 13.2. The number of benzene rings is 1. The van der Waals surface area contributed by atoms with Crippen molar-refractivity contribution in [3.05, 3.63) is 35.9 Å². The predicted molar refractivity (Wildman–Crippen MR) is 113 cm³/mol. The topological polar surface area (TPSA) is 107 Å². The summed E-state index contributed by atoms with van der Waals surface area (Å²) in [4.78, 5) is 32.0. The van der Waals surface area contributed by atoms with Gasteiger partial charge in [0.2, 0.25) is 11.8 Å². The zero-order valence-corrected chi connectivity index (χ0v) is 18.2. The fourth-order valence-electron chi connectivity index (χ4n) is 3.84. The largest absolute Gasteiger partial charge is 0.400 e. The Morgan fingerprint density at radius 1 is 1.17 bits per heavy atom. The summed E-state index contributed by atoms with van der Waals surface area (Å²) >= 11 is 0. The number of rotatable bonds is 12. The normalized spacial score (nSPS) is 19.7. The van der Waals surface area contributed by atoms with E-state index in [2.05, 4.69) is 11.2 Å². The number of amides is 2. The molecule has 0 heterocycles. The Kier molecular flexibility index (Phi) is 11.5. The molecule has 7 nitrogen and oxygen atoms in total. The maximum absolute atomic E-state index is 13.2. The van der Waals surface area contributed by atoms with Crippen LogP contribution in [0.25, 0.3) is 0 Å². The van der Waals surface area contributed by atoms with Crippen LogP contribution in [0.2, 0.25) is 0 Å². The van der Waals surface area contributed by atoms with E-state index in [-0.39, 0.29) is 17.7 Å². The molecule has 2 rings (SSSR count). The van der Waals surface area contributed by atoms with E-state index in [4.69, 9.17) is 9.94 Å². The van der Waals surface area contributed by atoms with Gasteiger partial charge in [0, 0.05) is 33.2 Å². The lowest BCUT2D eigenvalue weighted by Crippen LogP contribution is -2.49. The number of carbonyl (C=O) groups excluding carboxylic acids is 2. The molecular formula is C22H38N3O4+. The fourth-order valence-corrected chi connectivity index (χ4v) is 3.84. The highest BCUT2D eigenvalue weighted by Crippen LogP contribution is 2.55. The van der Waals surface area contributed by atoms with Crippen LogP contribution >= 0.6 is 0 Å². The second-order valence-corrected chi connectivity index (χ2v) is 7.24. The quantitative estimate of drug-likeness (QED) is 0.358. The van der Waals surface area contributed by atoms with Crippen molar-refractivity contribution in [1.82, 2.24) is 10.2 Å². The predicted octanol–water partition coefficient (Wildman–Crippen LogP) is 1.27. The van der Waals surface area contributed by atoms with Crippen LogP contribution in [0.4, 0.5) is 0 Å². The van der Waals surface area contributed by atoms with E-state index in [1.165, 1.54) is 0 Å². The number of carbonyl (C=O) groups is 2. The molecule has 0 spiro atoms. The minimum absolute atomic E-state index is 0.0645. The lowest BCUT2D eigenvalue weighted by atomic mass is 9.91. The van der Waals surface area contributed by atoms with Crippen molar-refractivity contribution in [2.24, 2.45) is 5.92 Å². The van der Waals surface area contributed by atoms with Crippen LogP contribution in [0, 0.1) is 5.92 Å². The van der Waals surface area contributed by atoms with Crippen molar-refractivity contribution in [3.8, 4) is 0 Å². The van der Waals surface area contributed by atoms with E-state index in [0.29, 0.717) is 32.7 Å². The van der Waals surface area contributed by atoms with Gasteiger partial charge in [0.1, 0.15) is 6.61 Å². The van der Waals surface area contributed by atoms with E-state index in [1.807, 2.05) is 49.1 Å². The third-order valence-corrected chi connectivity index (χ3v) is 5.56. The average molecular weight is 409 g/mol. The molecule has 1 aromatic carbocycles. The molecule has 2 amide bonds. The van der Waals surface area contributed by atoms with Crippen LogP contribution in [-0.2, 0) is 19.8 Å². The van der Waals surface area contributed by atoms with Crippen molar-refractivity contribution in [2.45, 2.75) is 51.4 Å². The molecule has 0 saturated heterocycles. The number of nitrogens with zero attached hydrogens (tertiary/aromatic N) is 1. The molecule has 1 aliphatic rings. The Morgan fingerprint density at radius 2 is 1.83 bits per heavy atom. The summed E-state index contributed by atoms with van der Waals surface area (Å²) in [6.07, 6.45) is 4.05. The second-order valence-electron chi connectivity index (χ2n) is 7.24. The van der Waals surface area contributed by atoms with Gasteiger partial charge in [0.15, 0.2) is 0 Å². The van der Waals surface area contributed by atoms with Gasteiger partial charge < -0.3 is 15.3 Å². The first-order valence-corrected chi connectivity index (χ1v) is 10.5. The number of hydrogen-bond donors (Lipinski definition) is 3. The summed E-state index contributed by atoms with van der Waals surface area (Å²) in [5.41, 5.74) is 0.584. The maximum Gasteiger partial charge on any atom is 0.233 e. The molecule has 1 saturated carbocycles. The monoisotopic (exact) mass is 408 g/mol. The number of unbranched alkanes of at least 4 members (excludes halogenated alkanes) is 2. The van der Waals surface area contributed by atoms with Gasteiger partial charge in [-0.25, -0.2) is 10.7 Å². The minimum atomic E-state index is -0.480. The first-order valence-electron chi connectivity index (χ1n) is 10.5. The van der Waals surface area contributed by atoms with Crippen molar-refractivity contribution in [1.29, 1.82) is 0 Å². The van der Waals surface area contributed by atoms with E-state index in [0.717, 1.165) is 38.4 Å². The van der Waals surface area contributed by atoms with E-state index >= 15 is 0 Å². The Balaban J connectivity index is 0.00000204. The van der Waals surface area contributed by atoms with Crippen LogP contribution in [0.5, 0.6) is 0 Å². The lowest BCUT2D eigenvalue weighted by Gasteiger charge is -2.26. The Hall–Kier alpha value is -1.96. The molecule has 2 atom stereocenters. The van der Waals surface area contributed by atoms with Crippen molar-refractivity contribution < 1.29 is 25.4 Å².